The van der Waals surface area contributed by atoms with E-state index in [-0.39, 0.29) is 17.8 Å². The summed E-state index contributed by atoms with van der Waals surface area (Å²) < 4.78 is 10.3. The summed E-state index contributed by atoms with van der Waals surface area (Å²) in [5.74, 6) is 0.219. The number of nitrogens with zero attached hydrogens (tertiary/aromatic N) is 2. The summed E-state index contributed by atoms with van der Waals surface area (Å²) in [6.07, 6.45) is 2.04. The van der Waals surface area contributed by atoms with E-state index in [1.165, 1.54) is 11.3 Å². The Labute approximate surface area is 128 Å². The number of ether oxygens (including phenoxy) is 2. The highest BCUT2D eigenvalue weighted by Gasteiger charge is 2.27. The average Bonchev–Trinajstić information content (AvgIpc) is 2.88. The molecular formula is C13H22N4O3S. The summed E-state index contributed by atoms with van der Waals surface area (Å²) in [5.41, 5.74) is 5.87. The Bertz CT molecular complexity index is 480. The van der Waals surface area contributed by atoms with Crippen LogP contribution in [-0.2, 0) is 9.47 Å². The molecule has 2 rings (SSSR count). The van der Waals surface area contributed by atoms with Gasteiger partial charge < -0.3 is 25.4 Å². The topological polar surface area (TPSA) is 89.7 Å². The zero-order valence-electron chi connectivity index (χ0n) is 12.4. The van der Waals surface area contributed by atoms with E-state index < -0.39 is 0 Å². The molecule has 2 heterocycles. The smallest absolute Gasteiger partial charge is 0.267 e. The molecule has 0 saturated carbocycles. The first-order chi connectivity index (χ1) is 10.2. The quantitative estimate of drug-likeness (QED) is 0.763. The van der Waals surface area contributed by atoms with Gasteiger partial charge in [-0.25, -0.2) is 4.98 Å². The van der Waals surface area contributed by atoms with E-state index in [0.717, 1.165) is 19.4 Å². The number of aromatic nitrogens is 1. The number of hydrogen-bond acceptors (Lipinski definition) is 7. The fraction of sp³-hybridized carbons (Fsp3) is 0.692. The van der Waals surface area contributed by atoms with Crippen LogP contribution in [0.25, 0.3) is 0 Å². The highest BCUT2D eigenvalue weighted by Crippen LogP contribution is 2.27. The number of carbonyl (C=O) groups excluding carboxylic acids is 1. The van der Waals surface area contributed by atoms with Crippen LogP contribution >= 0.6 is 11.3 Å². The fourth-order valence-corrected chi connectivity index (χ4v) is 3.16. The van der Waals surface area contributed by atoms with E-state index in [0.29, 0.717) is 29.7 Å². The van der Waals surface area contributed by atoms with Crippen molar-refractivity contribution in [3.05, 3.63) is 4.88 Å². The minimum absolute atomic E-state index is 0.0634. The second-order valence-electron chi connectivity index (χ2n) is 4.90. The summed E-state index contributed by atoms with van der Waals surface area (Å²) in [4.78, 5) is 19.0. The highest BCUT2D eigenvalue weighted by molar-refractivity contribution is 7.18. The van der Waals surface area contributed by atoms with E-state index in [2.05, 4.69) is 10.3 Å². The van der Waals surface area contributed by atoms with Crippen molar-refractivity contribution in [2.24, 2.45) is 0 Å². The molecule has 1 aromatic rings. The standard InChI is InChI=1S/C13H22N4O3S/c1-19-7-5-15-13-16-11(14)10(21-13)12(18)17-6-3-4-9(8-17)20-2/h9H,3-8,14H2,1-2H3,(H,15,16). The molecule has 3 N–H and O–H groups in total. The third-order valence-electron chi connectivity index (χ3n) is 3.43. The minimum atomic E-state index is -0.0634. The van der Waals surface area contributed by atoms with Gasteiger partial charge in [0.25, 0.3) is 5.91 Å². The van der Waals surface area contributed by atoms with Gasteiger partial charge in [-0.3, -0.25) is 4.79 Å². The van der Waals surface area contributed by atoms with Crippen LogP contribution in [0, 0.1) is 0 Å². The molecule has 8 heteroatoms. The van der Waals surface area contributed by atoms with Crippen molar-refractivity contribution in [3.8, 4) is 0 Å². The van der Waals surface area contributed by atoms with Crippen LogP contribution in [-0.4, -0.2) is 62.4 Å². The first-order valence-corrected chi connectivity index (χ1v) is 7.78. The molecule has 1 aromatic heterocycles. The van der Waals surface area contributed by atoms with Crippen LogP contribution in [0.1, 0.15) is 22.5 Å². The molecule has 1 fully saturated rings. The molecule has 0 bridgehead atoms. The van der Waals surface area contributed by atoms with Gasteiger partial charge in [-0.05, 0) is 12.8 Å². The lowest BCUT2D eigenvalue weighted by molar-refractivity contribution is 0.0272. The van der Waals surface area contributed by atoms with Crippen LogP contribution in [0.5, 0.6) is 0 Å². The van der Waals surface area contributed by atoms with Gasteiger partial charge in [0.05, 0.1) is 12.7 Å². The van der Waals surface area contributed by atoms with E-state index in [1.807, 2.05) is 0 Å². The molecule has 0 spiro atoms. The normalized spacial score (nSPS) is 18.8. The molecule has 0 aliphatic carbocycles. The minimum Gasteiger partial charge on any atom is -0.383 e. The van der Waals surface area contributed by atoms with Crippen LogP contribution in [0.2, 0.25) is 0 Å². The van der Waals surface area contributed by atoms with Gasteiger partial charge in [-0.1, -0.05) is 11.3 Å². The van der Waals surface area contributed by atoms with E-state index >= 15 is 0 Å². The number of hydrogen-bond donors (Lipinski definition) is 2. The number of thiazole rings is 1. The number of anilines is 2. The Morgan fingerprint density at radius 1 is 1.57 bits per heavy atom. The Kier molecular flexibility index (Phi) is 5.77. The maximum absolute atomic E-state index is 12.5. The lowest BCUT2D eigenvalue weighted by Crippen LogP contribution is -2.42. The molecule has 1 aliphatic rings. The Morgan fingerprint density at radius 3 is 3.10 bits per heavy atom. The van der Waals surface area contributed by atoms with Crippen LogP contribution in [0.4, 0.5) is 10.9 Å². The van der Waals surface area contributed by atoms with Gasteiger partial charge in [-0.2, -0.15) is 0 Å². The first kappa shape index (κ1) is 16.0. The summed E-state index contributed by atoms with van der Waals surface area (Å²) >= 11 is 1.29. The Morgan fingerprint density at radius 2 is 2.38 bits per heavy atom. The van der Waals surface area contributed by atoms with Gasteiger partial charge in [0.15, 0.2) is 5.13 Å². The van der Waals surface area contributed by atoms with E-state index in [9.17, 15) is 4.79 Å². The van der Waals surface area contributed by atoms with Crippen molar-refractivity contribution in [2.75, 3.05) is 51.5 Å². The highest BCUT2D eigenvalue weighted by atomic mass is 32.1. The van der Waals surface area contributed by atoms with Gasteiger partial charge in [0.1, 0.15) is 10.7 Å². The molecule has 7 nitrogen and oxygen atoms in total. The molecule has 0 aromatic carbocycles. The molecule has 1 atom stereocenters. The van der Waals surface area contributed by atoms with Gasteiger partial charge in [0.2, 0.25) is 0 Å². The molecule has 1 unspecified atom stereocenters. The second kappa shape index (κ2) is 7.58. The first-order valence-electron chi connectivity index (χ1n) is 6.97. The average molecular weight is 314 g/mol. The maximum atomic E-state index is 12.5. The number of likely N-dealkylation sites (tertiary alicyclic amines) is 1. The van der Waals surface area contributed by atoms with Crippen molar-refractivity contribution in [1.82, 2.24) is 9.88 Å². The number of nitrogens with two attached hydrogens (primary N) is 1. The molecular weight excluding hydrogens is 292 g/mol. The summed E-state index contributed by atoms with van der Waals surface area (Å²) in [5, 5.41) is 3.74. The molecule has 118 valence electrons. The van der Waals surface area contributed by atoms with Crippen LogP contribution in [0.3, 0.4) is 0 Å². The van der Waals surface area contributed by atoms with Crippen LogP contribution in [0.15, 0.2) is 0 Å². The number of methoxy groups -OCH3 is 2. The predicted molar refractivity (Wildman–Crippen MR) is 82.8 cm³/mol. The number of carbonyl (C=O) groups is 1. The van der Waals surface area contributed by atoms with E-state index in [4.69, 9.17) is 15.2 Å². The number of piperidine rings is 1. The molecule has 1 aliphatic heterocycles. The predicted octanol–water partition coefficient (Wildman–Crippen LogP) is 1.03. The largest absolute Gasteiger partial charge is 0.383 e. The molecule has 1 saturated heterocycles. The summed E-state index contributed by atoms with van der Waals surface area (Å²) in [6, 6.07) is 0. The maximum Gasteiger partial charge on any atom is 0.267 e. The summed E-state index contributed by atoms with van der Waals surface area (Å²) in [7, 11) is 3.31. The molecule has 21 heavy (non-hydrogen) atoms. The zero-order valence-corrected chi connectivity index (χ0v) is 13.2. The molecule has 1 amide bonds. The zero-order chi connectivity index (χ0) is 15.2. The number of rotatable bonds is 6. The number of nitrogens with one attached hydrogen (secondary N) is 1. The Hall–Kier alpha value is -1.38. The third-order valence-corrected chi connectivity index (χ3v) is 4.45. The lowest BCUT2D eigenvalue weighted by atomic mass is 10.1. The van der Waals surface area contributed by atoms with Crippen LogP contribution < -0.4 is 11.1 Å². The molecule has 0 radical (unpaired) electrons. The van der Waals surface area contributed by atoms with Crippen molar-refractivity contribution in [3.63, 3.8) is 0 Å². The van der Waals surface area contributed by atoms with Gasteiger partial charge in [0, 0.05) is 33.9 Å². The number of amides is 1. The van der Waals surface area contributed by atoms with Crippen molar-refractivity contribution >= 4 is 28.2 Å². The van der Waals surface area contributed by atoms with Crippen molar-refractivity contribution < 1.29 is 14.3 Å². The van der Waals surface area contributed by atoms with Crippen molar-refractivity contribution in [1.29, 1.82) is 0 Å². The SMILES string of the molecule is COCCNc1nc(N)c(C(=O)N2CCCC(OC)C2)s1. The number of nitrogen functional groups attached to an aromatic ring is 1. The van der Waals surface area contributed by atoms with Gasteiger partial charge in [-0.15, -0.1) is 0 Å². The van der Waals surface area contributed by atoms with Crippen molar-refractivity contribution in [2.45, 2.75) is 18.9 Å². The van der Waals surface area contributed by atoms with E-state index in [1.54, 1.807) is 19.1 Å². The Balaban J connectivity index is 2.01. The monoisotopic (exact) mass is 314 g/mol. The second-order valence-corrected chi connectivity index (χ2v) is 5.90. The lowest BCUT2D eigenvalue weighted by Gasteiger charge is -2.31. The summed E-state index contributed by atoms with van der Waals surface area (Å²) in [6.45, 7) is 2.55. The van der Waals surface area contributed by atoms with Gasteiger partial charge >= 0.3 is 0 Å². The third kappa shape index (κ3) is 4.05. The fourth-order valence-electron chi connectivity index (χ4n) is 2.28.